The van der Waals surface area contributed by atoms with Crippen LogP contribution >= 0.6 is 33.9 Å². The molecule has 22 heavy (non-hydrogen) atoms. The Balaban J connectivity index is 2.02. The predicted octanol–water partition coefficient (Wildman–Crippen LogP) is 4.93. The average Bonchev–Trinajstić information content (AvgIpc) is 2.87. The molecule has 0 spiro atoms. The summed E-state index contributed by atoms with van der Waals surface area (Å²) in [5.41, 5.74) is 0.463. The fourth-order valence-electron chi connectivity index (χ4n) is 2.09. The Morgan fingerprint density at radius 3 is 2.41 bits per heavy atom. The van der Waals surface area contributed by atoms with Crippen molar-refractivity contribution in [1.82, 2.24) is 0 Å². The van der Waals surface area contributed by atoms with Crippen LogP contribution in [-0.2, 0) is 0 Å². The highest BCUT2D eigenvalue weighted by Gasteiger charge is 2.20. The molecule has 3 rings (SSSR count). The van der Waals surface area contributed by atoms with Gasteiger partial charge in [0.05, 0.1) is 5.56 Å². The summed E-state index contributed by atoms with van der Waals surface area (Å²) < 4.78 is 7.50. The third-order valence-electron chi connectivity index (χ3n) is 3.14. The van der Waals surface area contributed by atoms with Crippen LogP contribution in [0.5, 0.6) is 5.75 Å². The SMILES string of the molecule is CC(=O)c1sc2ccccc2c1OC(=O)c1ccc(I)cc1. The molecule has 0 aliphatic rings. The van der Waals surface area contributed by atoms with Crippen LogP contribution in [0.15, 0.2) is 48.5 Å². The van der Waals surface area contributed by atoms with Crippen molar-refractivity contribution in [2.75, 3.05) is 0 Å². The Kier molecular flexibility index (Phi) is 4.26. The van der Waals surface area contributed by atoms with Gasteiger partial charge in [-0.15, -0.1) is 11.3 Å². The number of fused-ring (bicyclic) bond motifs is 1. The highest BCUT2D eigenvalue weighted by Crippen LogP contribution is 2.38. The minimum Gasteiger partial charge on any atom is -0.421 e. The van der Waals surface area contributed by atoms with Crippen LogP contribution in [0.4, 0.5) is 0 Å². The maximum Gasteiger partial charge on any atom is 0.343 e. The predicted molar refractivity (Wildman–Crippen MR) is 95.9 cm³/mol. The fraction of sp³-hybridized carbons (Fsp3) is 0.0588. The van der Waals surface area contributed by atoms with Crippen LogP contribution in [0.3, 0.4) is 0 Å². The maximum atomic E-state index is 12.3. The summed E-state index contributed by atoms with van der Waals surface area (Å²) in [7, 11) is 0. The molecule has 110 valence electrons. The van der Waals surface area contributed by atoms with E-state index in [0.29, 0.717) is 16.2 Å². The molecule has 3 aromatic rings. The van der Waals surface area contributed by atoms with Gasteiger partial charge in [-0.05, 0) is 59.0 Å². The molecule has 0 aliphatic carbocycles. The maximum absolute atomic E-state index is 12.3. The van der Waals surface area contributed by atoms with E-state index in [1.165, 1.54) is 18.3 Å². The van der Waals surface area contributed by atoms with E-state index < -0.39 is 5.97 Å². The van der Waals surface area contributed by atoms with E-state index in [-0.39, 0.29) is 5.78 Å². The average molecular weight is 422 g/mol. The van der Waals surface area contributed by atoms with Crippen molar-refractivity contribution < 1.29 is 14.3 Å². The Hall–Kier alpha value is -1.73. The monoisotopic (exact) mass is 422 g/mol. The molecular formula is C17H11IO3S. The van der Waals surface area contributed by atoms with Crippen molar-refractivity contribution in [3.05, 3.63) is 62.5 Å². The lowest BCUT2D eigenvalue weighted by Gasteiger charge is -2.05. The molecule has 0 saturated heterocycles. The third kappa shape index (κ3) is 2.91. The number of carbonyl (C=O) groups is 2. The van der Waals surface area contributed by atoms with E-state index in [4.69, 9.17) is 4.74 Å². The molecule has 0 N–H and O–H groups in total. The molecule has 0 bridgehead atoms. The molecule has 5 heteroatoms. The first-order valence-corrected chi connectivity index (χ1v) is 8.46. The Labute approximate surface area is 145 Å². The zero-order valence-corrected chi connectivity index (χ0v) is 14.6. The molecule has 2 aromatic carbocycles. The molecule has 0 aliphatic heterocycles. The minimum atomic E-state index is -0.456. The largest absolute Gasteiger partial charge is 0.421 e. The van der Waals surface area contributed by atoms with Crippen molar-refractivity contribution in [3.63, 3.8) is 0 Å². The van der Waals surface area contributed by atoms with Gasteiger partial charge in [0.15, 0.2) is 11.5 Å². The number of hydrogen-bond acceptors (Lipinski definition) is 4. The van der Waals surface area contributed by atoms with Crippen molar-refractivity contribution in [2.45, 2.75) is 6.92 Å². The van der Waals surface area contributed by atoms with Crippen LogP contribution in [0.25, 0.3) is 10.1 Å². The number of thiophene rings is 1. The van der Waals surface area contributed by atoms with Gasteiger partial charge in [-0.1, -0.05) is 12.1 Å². The number of hydrogen-bond donors (Lipinski definition) is 0. The van der Waals surface area contributed by atoms with Crippen LogP contribution in [0.1, 0.15) is 27.0 Å². The first-order valence-electron chi connectivity index (χ1n) is 6.56. The summed E-state index contributed by atoms with van der Waals surface area (Å²) in [6, 6.07) is 14.6. The molecule has 0 amide bonds. The van der Waals surface area contributed by atoms with E-state index in [1.807, 2.05) is 36.4 Å². The summed E-state index contributed by atoms with van der Waals surface area (Å²) in [4.78, 5) is 24.6. The number of rotatable bonds is 3. The second-order valence-electron chi connectivity index (χ2n) is 4.71. The summed E-state index contributed by atoms with van der Waals surface area (Å²) >= 11 is 3.52. The number of ketones is 1. The lowest BCUT2D eigenvalue weighted by molar-refractivity contribution is 0.0736. The third-order valence-corrected chi connectivity index (χ3v) is 5.12. The van der Waals surface area contributed by atoms with E-state index in [9.17, 15) is 9.59 Å². The van der Waals surface area contributed by atoms with Gasteiger partial charge in [0.1, 0.15) is 4.88 Å². The quantitative estimate of drug-likeness (QED) is 0.342. The molecule has 0 unspecified atom stereocenters. The zero-order chi connectivity index (χ0) is 15.7. The van der Waals surface area contributed by atoms with Gasteiger partial charge in [0.2, 0.25) is 0 Å². The number of ether oxygens (including phenoxy) is 1. The van der Waals surface area contributed by atoms with Crippen molar-refractivity contribution in [3.8, 4) is 5.75 Å². The van der Waals surface area contributed by atoms with Gasteiger partial charge >= 0.3 is 5.97 Å². The van der Waals surface area contributed by atoms with Gasteiger partial charge in [-0.25, -0.2) is 4.79 Å². The number of esters is 1. The Morgan fingerprint density at radius 2 is 1.73 bits per heavy atom. The highest BCUT2D eigenvalue weighted by atomic mass is 127. The normalized spacial score (nSPS) is 10.6. The summed E-state index contributed by atoms with van der Waals surface area (Å²) in [6.45, 7) is 1.48. The molecule has 1 heterocycles. The smallest absolute Gasteiger partial charge is 0.343 e. The van der Waals surface area contributed by atoms with Gasteiger partial charge in [0, 0.05) is 20.6 Å². The van der Waals surface area contributed by atoms with Crippen LogP contribution in [0.2, 0.25) is 0 Å². The molecule has 0 radical (unpaired) electrons. The van der Waals surface area contributed by atoms with Gasteiger partial charge < -0.3 is 4.74 Å². The van der Waals surface area contributed by atoms with Gasteiger partial charge in [-0.3, -0.25) is 4.79 Å². The van der Waals surface area contributed by atoms with E-state index >= 15 is 0 Å². The van der Waals surface area contributed by atoms with Crippen molar-refractivity contribution >= 4 is 55.8 Å². The molecule has 0 saturated carbocycles. The second kappa shape index (κ2) is 6.18. The number of carbonyl (C=O) groups excluding carboxylic acids is 2. The first kappa shape index (κ1) is 15.2. The number of Topliss-reactive ketones (excluding diaryl/α,β-unsaturated/α-hetero) is 1. The number of halogens is 1. The van der Waals surface area contributed by atoms with Crippen LogP contribution in [0, 0.1) is 3.57 Å². The van der Waals surface area contributed by atoms with Crippen molar-refractivity contribution in [2.24, 2.45) is 0 Å². The summed E-state index contributed by atoms with van der Waals surface area (Å²) in [5.74, 6) is -0.203. The first-order chi connectivity index (χ1) is 10.6. The van der Waals surface area contributed by atoms with Gasteiger partial charge in [0.25, 0.3) is 0 Å². The van der Waals surface area contributed by atoms with Crippen LogP contribution < -0.4 is 4.74 Å². The van der Waals surface area contributed by atoms with Crippen LogP contribution in [-0.4, -0.2) is 11.8 Å². The van der Waals surface area contributed by atoms with E-state index in [0.717, 1.165) is 13.7 Å². The zero-order valence-electron chi connectivity index (χ0n) is 11.6. The molecule has 0 fully saturated rings. The van der Waals surface area contributed by atoms with E-state index in [1.54, 1.807) is 12.1 Å². The topological polar surface area (TPSA) is 43.4 Å². The Bertz CT molecular complexity index is 865. The molecule has 0 atom stereocenters. The highest BCUT2D eigenvalue weighted by molar-refractivity contribution is 14.1. The lowest BCUT2D eigenvalue weighted by atomic mass is 10.2. The minimum absolute atomic E-state index is 0.105. The molecule has 1 aromatic heterocycles. The second-order valence-corrected chi connectivity index (χ2v) is 7.01. The Morgan fingerprint density at radius 1 is 1.05 bits per heavy atom. The fourth-order valence-corrected chi connectivity index (χ4v) is 3.48. The van der Waals surface area contributed by atoms with Gasteiger partial charge in [-0.2, -0.15) is 0 Å². The van der Waals surface area contributed by atoms with Crippen molar-refractivity contribution in [1.29, 1.82) is 0 Å². The van der Waals surface area contributed by atoms with E-state index in [2.05, 4.69) is 22.6 Å². The number of benzene rings is 2. The standard InChI is InChI=1S/C17H11IO3S/c1-10(19)16-15(13-4-2-3-5-14(13)22-16)21-17(20)11-6-8-12(18)9-7-11/h2-9H,1H3. The molecular weight excluding hydrogens is 411 g/mol. The summed E-state index contributed by atoms with van der Waals surface area (Å²) in [5, 5.41) is 0.788. The summed E-state index contributed by atoms with van der Waals surface area (Å²) in [6.07, 6.45) is 0. The lowest BCUT2D eigenvalue weighted by Crippen LogP contribution is -2.09. The molecule has 3 nitrogen and oxygen atoms in total.